The molecular weight excluding hydrogens is 416 g/mol. The molecule has 3 aromatic carbocycles. The normalized spacial score (nSPS) is 11.0. The monoisotopic (exact) mass is 440 g/mol. The van der Waals surface area contributed by atoms with Gasteiger partial charge >= 0.3 is 0 Å². The lowest BCUT2D eigenvalue weighted by atomic mass is 10.1. The third-order valence-corrected chi connectivity index (χ3v) is 6.19. The highest BCUT2D eigenvalue weighted by Crippen LogP contribution is 2.24. The number of carbonyl (C=O) groups excluding carboxylic acids is 1. The van der Waals surface area contributed by atoms with E-state index in [-0.39, 0.29) is 10.8 Å². The van der Waals surface area contributed by atoms with Crippen LogP contribution in [0.25, 0.3) is 0 Å². The van der Waals surface area contributed by atoms with Crippen LogP contribution in [0.4, 0.5) is 11.4 Å². The quantitative estimate of drug-likeness (QED) is 0.569. The number of methoxy groups -OCH3 is 2. The molecule has 1 amide bonds. The highest BCUT2D eigenvalue weighted by atomic mass is 32.2. The molecule has 0 saturated heterocycles. The van der Waals surface area contributed by atoms with Gasteiger partial charge in [-0.05, 0) is 73.5 Å². The fraction of sp³-hybridized carbons (Fsp3) is 0.174. The average Bonchev–Trinajstić information content (AvgIpc) is 2.76. The number of anilines is 2. The van der Waals surface area contributed by atoms with Crippen LogP contribution in [0.3, 0.4) is 0 Å². The van der Waals surface area contributed by atoms with Gasteiger partial charge in [-0.1, -0.05) is 6.07 Å². The molecule has 8 heteroatoms. The molecule has 3 rings (SSSR count). The van der Waals surface area contributed by atoms with Crippen molar-refractivity contribution < 1.29 is 22.7 Å². The number of hydrogen-bond acceptors (Lipinski definition) is 5. The lowest BCUT2D eigenvalue weighted by molar-refractivity contribution is 0.102. The van der Waals surface area contributed by atoms with E-state index in [1.807, 2.05) is 19.9 Å². The summed E-state index contributed by atoms with van der Waals surface area (Å²) >= 11 is 0. The second-order valence-corrected chi connectivity index (χ2v) is 8.67. The number of nitrogens with one attached hydrogen (secondary N) is 2. The minimum Gasteiger partial charge on any atom is -0.497 e. The summed E-state index contributed by atoms with van der Waals surface area (Å²) in [5.74, 6) is 0.604. The summed E-state index contributed by atoms with van der Waals surface area (Å²) in [6.45, 7) is 3.88. The van der Waals surface area contributed by atoms with Crippen LogP contribution in [0.15, 0.2) is 65.6 Å². The predicted molar refractivity (Wildman–Crippen MR) is 121 cm³/mol. The van der Waals surface area contributed by atoms with Gasteiger partial charge < -0.3 is 14.8 Å². The van der Waals surface area contributed by atoms with Gasteiger partial charge in [-0.15, -0.1) is 0 Å². The predicted octanol–water partition coefficient (Wildman–Crippen LogP) is 4.37. The maximum absolute atomic E-state index is 12.7. The van der Waals surface area contributed by atoms with E-state index in [1.165, 1.54) is 38.5 Å². The van der Waals surface area contributed by atoms with Crippen molar-refractivity contribution in [3.05, 3.63) is 77.4 Å². The SMILES string of the molecule is COc1cc(OC)cc(C(=O)Nc2ccc(S(=O)(=O)Nc3ccc(C)c(C)c3)cc2)c1. The first kappa shape index (κ1) is 22.2. The van der Waals surface area contributed by atoms with Crippen molar-refractivity contribution in [2.24, 2.45) is 0 Å². The molecule has 31 heavy (non-hydrogen) atoms. The van der Waals surface area contributed by atoms with Crippen LogP contribution in [0.2, 0.25) is 0 Å². The van der Waals surface area contributed by atoms with Gasteiger partial charge in [-0.25, -0.2) is 8.42 Å². The maximum Gasteiger partial charge on any atom is 0.261 e. The Morgan fingerprint density at radius 3 is 1.90 bits per heavy atom. The molecule has 0 bridgehead atoms. The van der Waals surface area contributed by atoms with Crippen molar-refractivity contribution in [2.45, 2.75) is 18.7 Å². The van der Waals surface area contributed by atoms with Crippen LogP contribution in [0, 0.1) is 13.8 Å². The van der Waals surface area contributed by atoms with E-state index in [0.717, 1.165) is 11.1 Å². The third kappa shape index (κ3) is 5.35. The van der Waals surface area contributed by atoms with Crippen molar-refractivity contribution >= 4 is 27.3 Å². The molecule has 0 aliphatic rings. The molecule has 3 aromatic rings. The van der Waals surface area contributed by atoms with Crippen LogP contribution in [0.5, 0.6) is 11.5 Å². The molecule has 0 saturated carbocycles. The summed E-state index contributed by atoms with van der Waals surface area (Å²) in [5, 5.41) is 2.74. The zero-order valence-corrected chi connectivity index (χ0v) is 18.5. The van der Waals surface area contributed by atoms with Crippen molar-refractivity contribution in [2.75, 3.05) is 24.3 Å². The summed E-state index contributed by atoms with van der Waals surface area (Å²) < 4.78 is 38.3. The van der Waals surface area contributed by atoms with Crippen molar-refractivity contribution in [3.8, 4) is 11.5 Å². The lowest BCUT2D eigenvalue weighted by Crippen LogP contribution is -2.14. The fourth-order valence-corrected chi connectivity index (χ4v) is 3.93. The minimum absolute atomic E-state index is 0.0896. The molecule has 2 N–H and O–H groups in total. The number of ether oxygens (including phenoxy) is 2. The van der Waals surface area contributed by atoms with Crippen LogP contribution < -0.4 is 19.5 Å². The molecule has 0 aliphatic carbocycles. The Labute approximate surface area is 182 Å². The van der Waals surface area contributed by atoms with Gasteiger partial charge in [-0.3, -0.25) is 9.52 Å². The van der Waals surface area contributed by atoms with E-state index in [2.05, 4.69) is 10.0 Å². The summed E-state index contributed by atoms with van der Waals surface area (Å²) in [7, 11) is -0.751. The molecule has 0 unspecified atom stereocenters. The van der Waals surface area contributed by atoms with Gasteiger partial charge in [0.2, 0.25) is 0 Å². The van der Waals surface area contributed by atoms with Crippen molar-refractivity contribution in [1.82, 2.24) is 0 Å². The Balaban J connectivity index is 1.75. The Hall–Kier alpha value is -3.52. The van der Waals surface area contributed by atoms with Crippen LogP contribution in [-0.2, 0) is 10.0 Å². The number of aryl methyl sites for hydroxylation is 2. The molecule has 0 heterocycles. The van der Waals surface area contributed by atoms with E-state index in [9.17, 15) is 13.2 Å². The summed E-state index contributed by atoms with van der Waals surface area (Å²) in [4.78, 5) is 12.7. The highest BCUT2D eigenvalue weighted by Gasteiger charge is 2.15. The molecule has 0 spiro atoms. The van der Waals surface area contributed by atoms with E-state index < -0.39 is 10.0 Å². The number of carbonyl (C=O) groups is 1. The standard InChI is InChI=1S/C23H24N2O5S/c1-15-5-6-19(11-16(15)2)25-31(27,28)22-9-7-18(8-10-22)24-23(26)17-12-20(29-3)14-21(13-17)30-4/h5-14,25H,1-4H3,(H,24,26). The summed E-state index contributed by atoms with van der Waals surface area (Å²) in [5.41, 5.74) is 3.37. The van der Waals surface area contributed by atoms with Gasteiger partial charge in [0.25, 0.3) is 15.9 Å². The summed E-state index contributed by atoms with van der Waals surface area (Å²) in [6, 6.07) is 16.1. The second-order valence-electron chi connectivity index (χ2n) is 6.98. The molecule has 0 aromatic heterocycles. The molecular formula is C23H24N2O5S. The molecule has 0 fully saturated rings. The number of rotatable bonds is 7. The van der Waals surface area contributed by atoms with Gasteiger partial charge in [0.1, 0.15) is 11.5 Å². The molecule has 0 aliphatic heterocycles. The second kappa shape index (κ2) is 9.09. The van der Waals surface area contributed by atoms with Gasteiger partial charge in [-0.2, -0.15) is 0 Å². The number of hydrogen-bond donors (Lipinski definition) is 2. The average molecular weight is 441 g/mol. The molecule has 0 radical (unpaired) electrons. The van der Waals surface area contributed by atoms with Gasteiger partial charge in [0.05, 0.1) is 19.1 Å². The Morgan fingerprint density at radius 1 is 0.774 bits per heavy atom. The zero-order valence-electron chi connectivity index (χ0n) is 17.7. The highest BCUT2D eigenvalue weighted by molar-refractivity contribution is 7.92. The van der Waals surface area contributed by atoms with Gasteiger partial charge in [0.15, 0.2) is 0 Å². The molecule has 162 valence electrons. The fourth-order valence-electron chi connectivity index (χ4n) is 2.88. The zero-order chi connectivity index (χ0) is 22.6. The Morgan fingerprint density at radius 2 is 1.35 bits per heavy atom. The smallest absolute Gasteiger partial charge is 0.261 e. The Bertz CT molecular complexity index is 1180. The number of amides is 1. The minimum atomic E-state index is -3.75. The van der Waals surface area contributed by atoms with Crippen LogP contribution in [-0.4, -0.2) is 28.5 Å². The van der Waals surface area contributed by atoms with E-state index >= 15 is 0 Å². The van der Waals surface area contributed by atoms with Crippen LogP contribution >= 0.6 is 0 Å². The van der Waals surface area contributed by atoms with Crippen LogP contribution in [0.1, 0.15) is 21.5 Å². The first-order chi connectivity index (χ1) is 14.7. The van der Waals surface area contributed by atoms with Crippen molar-refractivity contribution in [1.29, 1.82) is 0 Å². The van der Waals surface area contributed by atoms with E-state index in [0.29, 0.717) is 28.4 Å². The van der Waals surface area contributed by atoms with E-state index in [4.69, 9.17) is 9.47 Å². The van der Waals surface area contributed by atoms with Crippen molar-refractivity contribution in [3.63, 3.8) is 0 Å². The Kier molecular flexibility index (Phi) is 6.50. The molecule has 7 nitrogen and oxygen atoms in total. The number of benzene rings is 3. The first-order valence-corrected chi connectivity index (χ1v) is 10.9. The lowest BCUT2D eigenvalue weighted by Gasteiger charge is -2.11. The van der Waals surface area contributed by atoms with E-state index in [1.54, 1.807) is 30.3 Å². The summed E-state index contributed by atoms with van der Waals surface area (Å²) in [6.07, 6.45) is 0. The number of sulfonamides is 1. The largest absolute Gasteiger partial charge is 0.497 e. The van der Waals surface area contributed by atoms with Gasteiger partial charge in [0, 0.05) is 23.0 Å². The third-order valence-electron chi connectivity index (χ3n) is 4.80. The first-order valence-electron chi connectivity index (χ1n) is 9.46. The maximum atomic E-state index is 12.7. The topological polar surface area (TPSA) is 93.7 Å². The molecule has 0 atom stereocenters.